The van der Waals surface area contributed by atoms with Gasteiger partial charge in [0.05, 0.1) is 12.0 Å². The molecule has 1 aliphatic carbocycles. The Hall–Kier alpha value is -1.93. The first-order chi connectivity index (χ1) is 9.47. The van der Waals surface area contributed by atoms with Gasteiger partial charge in [0.25, 0.3) is 0 Å². The summed E-state index contributed by atoms with van der Waals surface area (Å²) in [6, 6.07) is -0.352. The minimum atomic E-state index is -4.16. The summed E-state index contributed by atoms with van der Waals surface area (Å²) in [6.45, 7) is 0. The highest BCUT2D eigenvalue weighted by atomic mass is 19.4. The van der Waals surface area contributed by atoms with Gasteiger partial charge >= 0.3 is 6.18 Å². The molecule has 2 atom stereocenters. The van der Waals surface area contributed by atoms with Gasteiger partial charge in [-0.05, 0) is 19.3 Å². The fourth-order valence-corrected chi connectivity index (χ4v) is 2.71. The summed E-state index contributed by atoms with van der Waals surface area (Å²) in [4.78, 5) is 7.82. The lowest BCUT2D eigenvalue weighted by Crippen LogP contribution is -2.30. The number of rotatable bonds is 1. The monoisotopic (exact) mass is 286 g/mol. The lowest BCUT2D eigenvalue weighted by Gasteiger charge is -2.30. The van der Waals surface area contributed by atoms with E-state index in [9.17, 15) is 13.2 Å². The number of nitrogens with two attached hydrogens (primary N) is 1. The summed E-state index contributed by atoms with van der Waals surface area (Å²) in [7, 11) is 0. The molecule has 0 aliphatic heterocycles. The number of alkyl halides is 3. The van der Waals surface area contributed by atoms with Crippen molar-refractivity contribution in [3.63, 3.8) is 0 Å². The number of hydrogen-bond donors (Lipinski definition) is 1. The van der Waals surface area contributed by atoms with Crippen LogP contribution in [-0.4, -0.2) is 31.1 Å². The average Bonchev–Trinajstić information content (AvgIpc) is 2.83. The second kappa shape index (κ2) is 4.57. The molecule has 0 radical (unpaired) electrons. The Kier molecular flexibility index (Phi) is 2.98. The predicted octanol–water partition coefficient (Wildman–Crippen LogP) is 2.10. The Bertz CT molecular complexity index is 622. The van der Waals surface area contributed by atoms with Crippen LogP contribution in [0.4, 0.5) is 19.0 Å². The van der Waals surface area contributed by atoms with Crippen LogP contribution >= 0.6 is 0 Å². The van der Waals surface area contributed by atoms with E-state index >= 15 is 0 Å². The molecule has 0 saturated heterocycles. The minimum Gasteiger partial charge on any atom is -0.382 e. The smallest absolute Gasteiger partial charge is 0.382 e. The quantitative estimate of drug-likeness (QED) is 0.868. The molecule has 1 fully saturated rings. The molecule has 3 rings (SSSR count). The molecule has 9 heteroatoms. The van der Waals surface area contributed by atoms with Crippen LogP contribution in [0.1, 0.15) is 31.7 Å². The van der Waals surface area contributed by atoms with E-state index in [2.05, 4.69) is 20.3 Å². The van der Waals surface area contributed by atoms with E-state index in [1.165, 1.54) is 11.0 Å². The van der Waals surface area contributed by atoms with Crippen LogP contribution in [0.3, 0.4) is 0 Å². The highest BCUT2D eigenvalue weighted by molar-refractivity contribution is 5.80. The second-order valence-corrected chi connectivity index (χ2v) is 5.02. The van der Waals surface area contributed by atoms with Crippen molar-refractivity contribution in [2.75, 3.05) is 5.73 Å². The lowest BCUT2D eigenvalue weighted by atomic mass is 9.85. The van der Waals surface area contributed by atoms with Crippen molar-refractivity contribution in [2.24, 2.45) is 5.92 Å². The molecule has 1 saturated carbocycles. The molecule has 2 N–H and O–H groups in total. The van der Waals surface area contributed by atoms with E-state index < -0.39 is 12.1 Å². The number of fused-ring (bicyclic) bond motifs is 1. The molecular formula is C11H13F3N6. The second-order valence-electron chi connectivity index (χ2n) is 5.02. The number of halogens is 3. The van der Waals surface area contributed by atoms with Crippen molar-refractivity contribution in [2.45, 2.75) is 37.9 Å². The molecule has 1 aliphatic rings. The van der Waals surface area contributed by atoms with Crippen LogP contribution in [0.25, 0.3) is 11.2 Å². The molecule has 0 amide bonds. The molecule has 20 heavy (non-hydrogen) atoms. The average molecular weight is 286 g/mol. The van der Waals surface area contributed by atoms with Gasteiger partial charge in [-0.3, -0.25) is 0 Å². The summed E-state index contributed by atoms with van der Waals surface area (Å²) in [6.07, 6.45) is -1.58. The topological polar surface area (TPSA) is 82.5 Å². The Labute approximate surface area is 112 Å². The summed E-state index contributed by atoms with van der Waals surface area (Å²) in [5.74, 6) is -1.11. The Morgan fingerprint density at radius 3 is 2.80 bits per heavy atom. The molecule has 0 spiro atoms. The first kappa shape index (κ1) is 13.1. The largest absolute Gasteiger partial charge is 0.391 e. The van der Waals surface area contributed by atoms with E-state index in [1.807, 2.05) is 0 Å². The molecule has 0 unspecified atom stereocenters. The van der Waals surface area contributed by atoms with Gasteiger partial charge in [0, 0.05) is 0 Å². The number of anilines is 1. The number of nitrogen functional groups attached to an aromatic ring is 1. The molecule has 108 valence electrons. The molecule has 0 bridgehead atoms. The van der Waals surface area contributed by atoms with Crippen molar-refractivity contribution in [3.8, 4) is 0 Å². The zero-order valence-electron chi connectivity index (χ0n) is 10.5. The summed E-state index contributed by atoms with van der Waals surface area (Å²) in [5, 5.41) is 7.78. The third kappa shape index (κ3) is 2.16. The number of aromatic nitrogens is 5. The predicted molar refractivity (Wildman–Crippen MR) is 64.6 cm³/mol. The molecule has 2 aromatic heterocycles. The maximum atomic E-state index is 12.8. The SMILES string of the molecule is Nc1ncnc2c1nnn2[C@H]1CCC[C@H](C(F)(F)F)C1. The fraction of sp³-hybridized carbons (Fsp3) is 0.636. The van der Waals surface area contributed by atoms with Gasteiger partial charge in [0.2, 0.25) is 0 Å². The normalized spacial score (nSPS) is 24.1. The molecule has 2 heterocycles. The van der Waals surface area contributed by atoms with Crippen molar-refractivity contribution in [1.82, 2.24) is 25.0 Å². The van der Waals surface area contributed by atoms with Crippen LogP contribution < -0.4 is 5.73 Å². The van der Waals surface area contributed by atoms with Crippen molar-refractivity contribution in [3.05, 3.63) is 6.33 Å². The molecule has 0 aromatic carbocycles. The van der Waals surface area contributed by atoms with Gasteiger partial charge in [0.1, 0.15) is 6.33 Å². The van der Waals surface area contributed by atoms with Crippen LogP contribution in [-0.2, 0) is 0 Å². The summed E-state index contributed by atoms with van der Waals surface area (Å²) < 4.78 is 40.0. The standard InChI is InChI=1S/C11H13F3N6/c12-11(13,14)6-2-1-3-7(4-6)20-10-8(18-19-20)9(15)16-5-17-10/h5-7H,1-4H2,(H2,15,16,17)/t6-,7-/m0/s1. The maximum Gasteiger partial charge on any atom is 0.391 e. The minimum absolute atomic E-state index is 0.00582. The summed E-state index contributed by atoms with van der Waals surface area (Å²) in [5.41, 5.74) is 6.38. The number of nitrogens with zero attached hydrogens (tertiary/aromatic N) is 5. The van der Waals surface area contributed by atoms with Gasteiger partial charge in [0.15, 0.2) is 17.0 Å². The molecule has 2 aromatic rings. The number of hydrogen-bond acceptors (Lipinski definition) is 5. The van der Waals surface area contributed by atoms with E-state index in [0.717, 1.165) is 0 Å². The maximum absolute atomic E-state index is 12.8. The van der Waals surface area contributed by atoms with Crippen molar-refractivity contribution < 1.29 is 13.2 Å². The summed E-state index contributed by atoms with van der Waals surface area (Å²) >= 11 is 0. The van der Waals surface area contributed by atoms with Gasteiger partial charge in [-0.2, -0.15) is 13.2 Å². The first-order valence-corrected chi connectivity index (χ1v) is 6.35. The Balaban J connectivity index is 1.93. The van der Waals surface area contributed by atoms with E-state index in [-0.39, 0.29) is 24.7 Å². The van der Waals surface area contributed by atoms with E-state index in [0.29, 0.717) is 24.0 Å². The highest BCUT2D eigenvalue weighted by Gasteiger charge is 2.43. The van der Waals surface area contributed by atoms with Crippen molar-refractivity contribution in [1.29, 1.82) is 0 Å². The van der Waals surface area contributed by atoms with Gasteiger partial charge < -0.3 is 5.73 Å². The third-order valence-corrected chi connectivity index (χ3v) is 3.74. The van der Waals surface area contributed by atoms with E-state index in [1.54, 1.807) is 0 Å². The van der Waals surface area contributed by atoms with Crippen molar-refractivity contribution >= 4 is 17.0 Å². The fourth-order valence-electron chi connectivity index (χ4n) is 2.71. The van der Waals surface area contributed by atoms with Crippen LogP contribution in [0, 0.1) is 5.92 Å². The zero-order chi connectivity index (χ0) is 14.3. The van der Waals surface area contributed by atoms with Crippen LogP contribution in [0.15, 0.2) is 6.33 Å². The van der Waals surface area contributed by atoms with E-state index in [4.69, 9.17) is 5.73 Å². The first-order valence-electron chi connectivity index (χ1n) is 6.35. The van der Waals surface area contributed by atoms with Gasteiger partial charge in [-0.15, -0.1) is 5.10 Å². The highest BCUT2D eigenvalue weighted by Crippen LogP contribution is 2.42. The molecular weight excluding hydrogens is 273 g/mol. The Morgan fingerprint density at radius 1 is 1.25 bits per heavy atom. The Morgan fingerprint density at radius 2 is 2.05 bits per heavy atom. The molecule has 6 nitrogen and oxygen atoms in total. The zero-order valence-corrected chi connectivity index (χ0v) is 10.5. The van der Waals surface area contributed by atoms with Gasteiger partial charge in [-0.25, -0.2) is 14.6 Å². The van der Waals surface area contributed by atoms with Gasteiger partial charge in [-0.1, -0.05) is 11.6 Å². The third-order valence-electron chi connectivity index (χ3n) is 3.74. The van der Waals surface area contributed by atoms with Crippen LogP contribution in [0.5, 0.6) is 0 Å². The van der Waals surface area contributed by atoms with Crippen LogP contribution in [0.2, 0.25) is 0 Å². The lowest BCUT2D eigenvalue weighted by molar-refractivity contribution is -0.185.